The van der Waals surface area contributed by atoms with E-state index in [9.17, 15) is 13.2 Å². The molecule has 6 nitrogen and oxygen atoms in total. The summed E-state index contributed by atoms with van der Waals surface area (Å²) in [7, 11) is -3.52. The highest BCUT2D eigenvalue weighted by Crippen LogP contribution is 2.28. The maximum absolute atomic E-state index is 13.1. The van der Waals surface area contributed by atoms with Gasteiger partial charge >= 0.3 is 0 Å². The summed E-state index contributed by atoms with van der Waals surface area (Å²) in [6.07, 6.45) is 1.16. The maximum atomic E-state index is 13.1. The SMILES string of the molecule is Cc1cc(C)c(S(=O)(=O)N2CCC(C(=O)NCC3CNC3)CC2)c(C)c1.Cl. The van der Waals surface area contributed by atoms with E-state index in [0.717, 1.165) is 29.8 Å². The van der Waals surface area contributed by atoms with E-state index in [1.165, 1.54) is 4.31 Å². The fourth-order valence-electron chi connectivity index (χ4n) is 3.94. The standard InChI is InChI=1S/C19H29N3O3S.ClH/c1-13-8-14(2)18(15(3)9-13)26(24,25)22-6-4-17(5-7-22)19(23)21-12-16-10-20-11-16;/h8-9,16-17,20H,4-7,10-12H2,1-3H3,(H,21,23);1H. The van der Waals surface area contributed by atoms with Gasteiger partial charge in [-0.25, -0.2) is 8.42 Å². The lowest BCUT2D eigenvalue weighted by Crippen LogP contribution is -2.50. The molecule has 8 heteroatoms. The zero-order chi connectivity index (χ0) is 18.9. The van der Waals surface area contributed by atoms with E-state index in [4.69, 9.17) is 0 Å². The number of aryl methyl sites for hydroxylation is 3. The minimum Gasteiger partial charge on any atom is -0.355 e. The molecule has 1 aromatic carbocycles. The molecule has 0 saturated carbocycles. The van der Waals surface area contributed by atoms with Crippen LogP contribution in [0.1, 0.15) is 29.5 Å². The van der Waals surface area contributed by atoms with Crippen LogP contribution in [-0.2, 0) is 14.8 Å². The Morgan fingerprint density at radius 2 is 1.70 bits per heavy atom. The van der Waals surface area contributed by atoms with Crippen molar-refractivity contribution in [1.29, 1.82) is 0 Å². The van der Waals surface area contributed by atoms with Gasteiger partial charge in [0.05, 0.1) is 4.90 Å². The summed E-state index contributed by atoms with van der Waals surface area (Å²) in [5.74, 6) is 0.512. The summed E-state index contributed by atoms with van der Waals surface area (Å²) >= 11 is 0. The number of hydrogen-bond donors (Lipinski definition) is 2. The number of carbonyl (C=O) groups excluding carboxylic acids is 1. The van der Waals surface area contributed by atoms with Gasteiger partial charge in [0.25, 0.3) is 0 Å². The molecule has 0 radical (unpaired) electrons. The monoisotopic (exact) mass is 415 g/mol. The van der Waals surface area contributed by atoms with Crippen LogP contribution in [0, 0.1) is 32.6 Å². The van der Waals surface area contributed by atoms with Crippen molar-refractivity contribution in [2.24, 2.45) is 11.8 Å². The number of rotatable bonds is 5. The summed E-state index contributed by atoms with van der Waals surface area (Å²) in [5.41, 5.74) is 2.64. The van der Waals surface area contributed by atoms with Gasteiger partial charge in [0.1, 0.15) is 0 Å². The first kappa shape index (κ1) is 22.1. The summed E-state index contributed by atoms with van der Waals surface area (Å²) in [6.45, 7) is 9.12. The van der Waals surface area contributed by atoms with Crippen molar-refractivity contribution < 1.29 is 13.2 Å². The molecule has 0 aromatic heterocycles. The van der Waals surface area contributed by atoms with Crippen LogP contribution in [0.5, 0.6) is 0 Å². The van der Waals surface area contributed by atoms with Crippen molar-refractivity contribution in [3.8, 4) is 0 Å². The summed E-state index contributed by atoms with van der Waals surface area (Å²) in [5, 5.41) is 6.21. The Bertz CT molecular complexity index is 762. The average Bonchev–Trinajstić information content (AvgIpc) is 2.52. The lowest BCUT2D eigenvalue weighted by molar-refractivity contribution is -0.126. The van der Waals surface area contributed by atoms with E-state index >= 15 is 0 Å². The predicted molar refractivity (Wildman–Crippen MR) is 109 cm³/mol. The normalized spacial score (nSPS) is 19.2. The van der Waals surface area contributed by atoms with Gasteiger partial charge in [0.2, 0.25) is 15.9 Å². The van der Waals surface area contributed by atoms with Gasteiger partial charge < -0.3 is 10.6 Å². The molecule has 0 spiro atoms. The molecule has 0 bridgehead atoms. The van der Waals surface area contributed by atoms with Crippen molar-refractivity contribution in [2.75, 3.05) is 32.7 Å². The van der Waals surface area contributed by atoms with Crippen molar-refractivity contribution >= 4 is 28.3 Å². The fraction of sp³-hybridized carbons (Fsp3) is 0.632. The molecule has 1 amide bonds. The van der Waals surface area contributed by atoms with Gasteiger partial charge in [0, 0.05) is 44.6 Å². The molecular formula is C19H30ClN3O3S. The van der Waals surface area contributed by atoms with Gasteiger partial charge in [-0.2, -0.15) is 4.31 Å². The number of benzene rings is 1. The third-order valence-corrected chi connectivity index (χ3v) is 7.66. The molecule has 0 aliphatic carbocycles. The van der Waals surface area contributed by atoms with E-state index in [-0.39, 0.29) is 24.2 Å². The van der Waals surface area contributed by atoms with Crippen molar-refractivity contribution in [1.82, 2.24) is 14.9 Å². The highest BCUT2D eigenvalue weighted by atomic mass is 35.5. The molecule has 152 valence electrons. The third-order valence-electron chi connectivity index (χ3n) is 5.46. The molecule has 2 aliphatic heterocycles. The number of piperidine rings is 1. The molecule has 0 unspecified atom stereocenters. The van der Waals surface area contributed by atoms with Crippen LogP contribution in [0.2, 0.25) is 0 Å². The van der Waals surface area contributed by atoms with Crippen molar-refractivity contribution in [2.45, 2.75) is 38.5 Å². The second-order valence-corrected chi connectivity index (χ2v) is 9.55. The van der Waals surface area contributed by atoms with Crippen LogP contribution in [0.25, 0.3) is 0 Å². The first-order valence-corrected chi connectivity index (χ1v) is 10.8. The zero-order valence-electron chi connectivity index (χ0n) is 16.2. The van der Waals surface area contributed by atoms with Gasteiger partial charge in [-0.3, -0.25) is 4.79 Å². The van der Waals surface area contributed by atoms with Crippen molar-refractivity contribution in [3.05, 3.63) is 28.8 Å². The molecule has 2 N–H and O–H groups in total. The second kappa shape index (κ2) is 8.90. The van der Waals surface area contributed by atoms with E-state index in [1.54, 1.807) is 0 Å². The van der Waals surface area contributed by atoms with Gasteiger partial charge in [-0.05, 0) is 44.7 Å². The van der Waals surface area contributed by atoms with E-state index < -0.39 is 10.0 Å². The molecule has 0 atom stereocenters. The minimum absolute atomic E-state index is 0. The van der Waals surface area contributed by atoms with Gasteiger partial charge in [-0.15, -0.1) is 12.4 Å². The van der Waals surface area contributed by atoms with Gasteiger partial charge in [0.15, 0.2) is 0 Å². The summed E-state index contributed by atoms with van der Waals surface area (Å²) in [6, 6.07) is 3.82. The number of nitrogens with zero attached hydrogens (tertiary/aromatic N) is 1. The van der Waals surface area contributed by atoms with Gasteiger partial charge in [-0.1, -0.05) is 17.7 Å². The van der Waals surface area contributed by atoms with Crippen LogP contribution in [0.4, 0.5) is 0 Å². The molecule has 2 saturated heterocycles. The number of halogens is 1. The Morgan fingerprint density at radius 3 is 2.19 bits per heavy atom. The lowest BCUT2D eigenvalue weighted by atomic mass is 9.96. The number of amides is 1. The van der Waals surface area contributed by atoms with Crippen LogP contribution in [0.3, 0.4) is 0 Å². The Morgan fingerprint density at radius 1 is 1.15 bits per heavy atom. The van der Waals surface area contributed by atoms with Crippen LogP contribution in [-0.4, -0.2) is 51.4 Å². The molecular weight excluding hydrogens is 386 g/mol. The van der Waals surface area contributed by atoms with Crippen LogP contribution < -0.4 is 10.6 Å². The first-order valence-electron chi connectivity index (χ1n) is 9.35. The largest absolute Gasteiger partial charge is 0.355 e. The van der Waals surface area contributed by atoms with Crippen molar-refractivity contribution in [3.63, 3.8) is 0 Å². The predicted octanol–water partition coefficient (Wildman–Crippen LogP) is 1.77. The Labute approximate surface area is 168 Å². The quantitative estimate of drug-likeness (QED) is 0.768. The smallest absolute Gasteiger partial charge is 0.243 e. The molecule has 2 aliphatic rings. The molecule has 27 heavy (non-hydrogen) atoms. The maximum Gasteiger partial charge on any atom is 0.243 e. The Balaban J connectivity index is 0.00000261. The third kappa shape index (κ3) is 4.83. The van der Waals surface area contributed by atoms with Crippen LogP contribution in [0.15, 0.2) is 17.0 Å². The number of nitrogens with one attached hydrogen (secondary N) is 2. The zero-order valence-corrected chi connectivity index (χ0v) is 17.9. The first-order chi connectivity index (χ1) is 12.3. The number of carbonyl (C=O) groups is 1. The molecule has 2 fully saturated rings. The second-order valence-electron chi connectivity index (χ2n) is 7.68. The van der Waals surface area contributed by atoms with E-state index in [0.29, 0.717) is 43.3 Å². The van der Waals surface area contributed by atoms with E-state index in [2.05, 4.69) is 10.6 Å². The summed E-state index contributed by atoms with van der Waals surface area (Å²) in [4.78, 5) is 12.7. The minimum atomic E-state index is -3.52. The van der Waals surface area contributed by atoms with E-state index in [1.807, 2.05) is 32.9 Å². The lowest BCUT2D eigenvalue weighted by Gasteiger charge is -2.32. The highest BCUT2D eigenvalue weighted by Gasteiger charge is 2.33. The molecule has 3 rings (SSSR count). The molecule has 1 aromatic rings. The molecule has 2 heterocycles. The van der Waals surface area contributed by atoms with Crippen LogP contribution >= 0.6 is 12.4 Å². The average molecular weight is 416 g/mol. The summed E-state index contributed by atoms with van der Waals surface area (Å²) < 4.78 is 27.7. The Kier molecular flexibility index (Phi) is 7.30. The number of sulfonamides is 1. The Hall–Kier alpha value is -1.15. The number of hydrogen-bond acceptors (Lipinski definition) is 4. The fourth-order valence-corrected chi connectivity index (χ4v) is 5.82. The topological polar surface area (TPSA) is 78.5 Å². The highest BCUT2D eigenvalue weighted by molar-refractivity contribution is 7.89.